The Morgan fingerprint density at radius 1 is 1.22 bits per heavy atom. The minimum absolute atomic E-state index is 0.117. The molecule has 1 atom stereocenters. The van der Waals surface area contributed by atoms with Gasteiger partial charge in [-0.3, -0.25) is 9.59 Å². The Balaban J connectivity index is 1.90. The highest BCUT2D eigenvalue weighted by Crippen LogP contribution is 2.38. The number of para-hydroxylation sites is 1. The van der Waals surface area contributed by atoms with Crippen LogP contribution in [0.1, 0.15) is 49.4 Å². The molecule has 2 amide bonds. The normalized spacial score (nSPS) is 15.6. The van der Waals surface area contributed by atoms with Crippen LogP contribution in [-0.2, 0) is 16.1 Å². The van der Waals surface area contributed by atoms with E-state index in [4.69, 9.17) is 4.74 Å². The summed E-state index contributed by atoms with van der Waals surface area (Å²) in [5, 5.41) is 2.79. The predicted octanol–water partition coefficient (Wildman–Crippen LogP) is 3.90. The summed E-state index contributed by atoms with van der Waals surface area (Å²) < 4.78 is 5.91. The number of carbonyl (C=O) groups excluding carboxylic acids is 2. The van der Waals surface area contributed by atoms with Gasteiger partial charge in [0.25, 0.3) is 5.91 Å². The van der Waals surface area contributed by atoms with Gasteiger partial charge in [0.15, 0.2) is 0 Å². The van der Waals surface area contributed by atoms with Crippen molar-refractivity contribution in [3.8, 4) is 5.75 Å². The van der Waals surface area contributed by atoms with Crippen LogP contribution in [0, 0.1) is 6.92 Å². The molecule has 3 rings (SSSR count). The maximum Gasteiger partial charge on any atom is 0.254 e. The van der Waals surface area contributed by atoms with Crippen molar-refractivity contribution in [2.45, 2.75) is 46.2 Å². The zero-order chi connectivity index (χ0) is 19.4. The topological polar surface area (TPSA) is 58.6 Å². The second kappa shape index (κ2) is 8.25. The van der Waals surface area contributed by atoms with Crippen LogP contribution in [-0.4, -0.2) is 18.4 Å². The molecule has 0 bridgehead atoms. The van der Waals surface area contributed by atoms with E-state index in [0.29, 0.717) is 13.2 Å². The predicted molar refractivity (Wildman–Crippen MR) is 106 cm³/mol. The molecule has 0 spiro atoms. The molecule has 27 heavy (non-hydrogen) atoms. The second-order valence-electron chi connectivity index (χ2n) is 6.93. The van der Waals surface area contributed by atoms with Gasteiger partial charge in [-0.25, -0.2) is 0 Å². The fourth-order valence-corrected chi connectivity index (χ4v) is 3.34. The van der Waals surface area contributed by atoms with Gasteiger partial charge in [0, 0.05) is 23.7 Å². The van der Waals surface area contributed by atoms with Crippen LogP contribution >= 0.6 is 0 Å². The van der Waals surface area contributed by atoms with Gasteiger partial charge in [0.05, 0.1) is 13.2 Å². The standard InChI is InChI=1S/C22H26N2O3/c1-4-5-12-27-20-9-7-6-8-17(20)14-24-19-11-10-15(2)13-18(19)21(22(24)26)23-16(3)25/h6-11,13,21H,4-5,12,14H2,1-3H3,(H,23,25). The van der Waals surface area contributed by atoms with Gasteiger partial charge in [0.1, 0.15) is 11.8 Å². The number of ether oxygens (including phenoxy) is 1. The van der Waals surface area contributed by atoms with E-state index in [1.807, 2.05) is 49.4 Å². The molecule has 1 unspecified atom stereocenters. The van der Waals surface area contributed by atoms with E-state index in [2.05, 4.69) is 12.2 Å². The minimum Gasteiger partial charge on any atom is -0.493 e. The van der Waals surface area contributed by atoms with Crippen LogP contribution in [0.25, 0.3) is 0 Å². The number of anilines is 1. The zero-order valence-corrected chi connectivity index (χ0v) is 16.1. The molecule has 1 aliphatic heterocycles. The van der Waals surface area contributed by atoms with Crippen LogP contribution in [0.5, 0.6) is 5.75 Å². The summed E-state index contributed by atoms with van der Waals surface area (Å²) in [6, 6.07) is 13.1. The Morgan fingerprint density at radius 3 is 2.74 bits per heavy atom. The number of carbonyl (C=O) groups is 2. The van der Waals surface area contributed by atoms with Gasteiger partial charge in [0.2, 0.25) is 5.91 Å². The number of amides is 2. The van der Waals surface area contributed by atoms with Crippen molar-refractivity contribution in [3.05, 3.63) is 59.2 Å². The minimum atomic E-state index is -0.634. The summed E-state index contributed by atoms with van der Waals surface area (Å²) in [5.41, 5.74) is 3.70. The van der Waals surface area contributed by atoms with E-state index >= 15 is 0 Å². The van der Waals surface area contributed by atoms with Crippen molar-refractivity contribution >= 4 is 17.5 Å². The monoisotopic (exact) mass is 366 g/mol. The van der Waals surface area contributed by atoms with Crippen LogP contribution in [0.15, 0.2) is 42.5 Å². The van der Waals surface area contributed by atoms with E-state index in [1.165, 1.54) is 6.92 Å². The number of aryl methyl sites for hydroxylation is 1. The van der Waals surface area contributed by atoms with Gasteiger partial charge < -0.3 is 15.0 Å². The van der Waals surface area contributed by atoms with Crippen molar-refractivity contribution < 1.29 is 14.3 Å². The van der Waals surface area contributed by atoms with Gasteiger partial charge >= 0.3 is 0 Å². The molecule has 0 aliphatic carbocycles. The quantitative estimate of drug-likeness (QED) is 0.756. The van der Waals surface area contributed by atoms with Crippen molar-refractivity contribution in [2.24, 2.45) is 0 Å². The molecular weight excluding hydrogens is 340 g/mol. The van der Waals surface area contributed by atoms with Gasteiger partial charge in [-0.1, -0.05) is 49.2 Å². The highest BCUT2D eigenvalue weighted by molar-refractivity contribution is 6.06. The average molecular weight is 366 g/mol. The van der Waals surface area contributed by atoms with Crippen molar-refractivity contribution in [3.63, 3.8) is 0 Å². The van der Waals surface area contributed by atoms with E-state index in [0.717, 1.165) is 41.0 Å². The molecular formula is C22H26N2O3. The van der Waals surface area contributed by atoms with E-state index in [9.17, 15) is 9.59 Å². The average Bonchev–Trinajstić information content (AvgIpc) is 2.88. The summed E-state index contributed by atoms with van der Waals surface area (Å²) in [6.45, 7) is 6.61. The number of fused-ring (bicyclic) bond motifs is 1. The van der Waals surface area contributed by atoms with Crippen molar-refractivity contribution in [1.82, 2.24) is 5.32 Å². The lowest BCUT2D eigenvalue weighted by Crippen LogP contribution is -2.36. The fraction of sp³-hybridized carbons (Fsp3) is 0.364. The molecule has 2 aromatic carbocycles. The first kappa shape index (κ1) is 19.0. The number of rotatable bonds is 7. The Bertz CT molecular complexity index is 847. The van der Waals surface area contributed by atoms with Crippen LogP contribution in [0.3, 0.4) is 0 Å². The molecule has 5 heteroatoms. The third kappa shape index (κ3) is 4.13. The highest BCUT2D eigenvalue weighted by atomic mass is 16.5. The number of nitrogens with one attached hydrogen (secondary N) is 1. The molecule has 5 nitrogen and oxygen atoms in total. The Labute approximate surface area is 160 Å². The molecule has 0 saturated carbocycles. The first-order chi connectivity index (χ1) is 13.0. The van der Waals surface area contributed by atoms with Crippen molar-refractivity contribution in [2.75, 3.05) is 11.5 Å². The lowest BCUT2D eigenvalue weighted by Gasteiger charge is -2.20. The molecule has 1 N–H and O–H groups in total. The molecule has 142 valence electrons. The Hall–Kier alpha value is -2.82. The first-order valence-electron chi connectivity index (χ1n) is 9.41. The maximum absolute atomic E-state index is 13.1. The third-order valence-electron chi connectivity index (χ3n) is 4.70. The highest BCUT2D eigenvalue weighted by Gasteiger charge is 2.38. The Morgan fingerprint density at radius 2 is 2.00 bits per heavy atom. The molecule has 1 heterocycles. The zero-order valence-electron chi connectivity index (χ0n) is 16.1. The lowest BCUT2D eigenvalue weighted by molar-refractivity contribution is -0.126. The van der Waals surface area contributed by atoms with Crippen LogP contribution in [0.4, 0.5) is 5.69 Å². The van der Waals surface area contributed by atoms with Crippen LogP contribution < -0.4 is 15.0 Å². The molecule has 0 fully saturated rings. The van der Waals surface area contributed by atoms with Crippen molar-refractivity contribution in [1.29, 1.82) is 0 Å². The number of hydrogen-bond acceptors (Lipinski definition) is 3. The smallest absolute Gasteiger partial charge is 0.254 e. The summed E-state index contributed by atoms with van der Waals surface area (Å²) in [5.74, 6) is 0.468. The molecule has 0 saturated heterocycles. The maximum atomic E-state index is 13.1. The number of nitrogens with zero attached hydrogens (tertiary/aromatic N) is 1. The van der Waals surface area contributed by atoms with E-state index in [-0.39, 0.29) is 11.8 Å². The molecule has 1 aliphatic rings. The third-order valence-corrected chi connectivity index (χ3v) is 4.70. The first-order valence-corrected chi connectivity index (χ1v) is 9.41. The van der Waals surface area contributed by atoms with E-state index in [1.54, 1.807) is 4.90 Å². The summed E-state index contributed by atoms with van der Waals surface area (Å²) in [7, 11) is 0. The number of benzene rings is 2. The molecule has 2 aromatic rings. The molecule has 0 aromatic heterocycles. The summed E-state index contributed by atoms with van der Waals surface area (Å²) in [6.07, 6.45) is 2.06. The largest absolute Gasteiger partial charge is 0.493 e. The Kier molecular flexibility index (Phi) is 5.79. The number of hydrogen-bond donors (Lipinski definition) is 1. The van der Waals surface area contributed by atoms with Crippen LogP contribution in [0.2, 0.25) is 0 Å². The summed E-state index contributed by atoms with van der Waals surface area (Å²) in [4.78, 5) is 26.4. The van der Waals surface area contributed by atoms with Gasteiger partial charge in [-0.05, 0) is 25.5 Å². The second-order valence-corrected chi connectivity index (χ2v) is 6.93. The lowest BCUT2D eigenvalue weighted by atomic mass is 10.1. The number of unbranched alkanes of at least 4 members (excludes halogenated alkanes) is 1. The van der Waals surface area contributed by atoms with Gasteiger partial charge in [-0.2, -0.15) is 0 Å². The van der Waals surface area contributed by atoms with Gasteiger partial charge in [-0.15, -0.1) is 0 Å². The van der Waals surface area contributed by atoms with E-state index < -0.39 is 6.04 Å². The fourth-order valence-electron chi connectivity index (χ4n) is 3.34. The summed E-state index contributed by atoms with van der Waals surface area (Å²) >= 11 is 0. The SMILES string of the molecule is CCCCOc1ccccc1CN1C(=O)C(NC(C)=O)c2cc(C)ccc21. The molecule has 0 radical (unpaired) electrons.